The van der Waals surface area contributed by atoms with E-state index >= 15 is 0 Å². The molecule has 1 N–H and O–H groups in total. The van der Waals surface area contributed by atoms with Gasteiger partial charge in [0, 0.05) is 60.1 Å². The van der Waals surface area contributed by atoms with Crippen molar-refractivity contribution in [1.29, 1.82) is 0 Å². The zero-order chi connectivity index (χ0) is 35.5. The number of rotatable bonds is 10. The third-order valence-electron chi connectivity index (χ3n) is 9.41. The minimum absolute atomic E-state index is 0.0264. The first kappa shape index (κ1) is 36.3. The monoisotopic (exact) mass is 751 g/mol. The van der Waals surface area contributed by atoms with Gasteiger partial charge in [0.2, 0.25) is 0 Å². The predicted molar refractivity (Wildman–Crippen MR) is 203 cm³/mol. The largest absolute Gasteiger partial charge is 0.487 e. The van der Waals surface area contributed by atoms with Gasteiger partial charge in [-0.05, 0) is 102 Å². The number of amides is 1. The number of hydrogen-bond donors (Lipinski definition) is 1. The Kier molecular flexibility index (Phi) is 11.2. The fraction of sp³-hybridized carbons (Fsp3) is 0.308. The van der Waals surface area contributed by atoms with Crippen molar-refractivity contribution in [3.05, 3.63) is 128 Å². The molecule has 4 aromatic rings. The number of anilines is 1. The van der Waals surface area contributed by atoms with E-state index in [4.69, 9.17) is 39.5 Å². The number of allylic oxidation sites excluding steroid dienone is 1. The number of carbonyl (C=O) groups is 1. The molecule has 0 bridgehead atoms. The molecule has 0 atom stereocenters. The van der Waals surface area contributed by atoms with Gasteiger partial charge in [-0.25, -0.2) is 13.1 Å². The normalized spacial score (nSPS) is 16.7. The first-order valence-electron chi connectivity index (χ1n) is 16.6. The summed E-state index contributed by atoms with van der Waals surface area (Å²) in [6.07, 6.45) is 3.33. The molecule has 0 radical (unpaired) electrons. The van der Waals surface area contributed by atoms with Crippen LogP contribution in [-0.4, -0.2) is 51.9 Å². The van der Waals surface area contributed by atoms with Crippen LogP contribution in [0, 0.1) is 5.41 Å². The Labute approximate surface area is 309 Å². The Morgan fingerprint density at radius 1 is 0.840 bits per heavy atom. The Morgan fingerprint density at radius 2 is 1.50 bits per heavy atom. The van der Waals surface area contributed by atoms with Crippen LogP contribution in [0.3, 0.4) is 0 Å². The van der Waals surface area contributed by atoms with E-state index in [0.29, 0.717) is 15.8 Å². The zero-order valence-corrected chi connectivity index (χ0v) is 31.2. The number of nitrogens with zero attached hydrogens (tertiary/aromatic N) is 2. The minimum Gasteiger partial charge on any atom is -0.487 e. The van der Waals surface area contributed by atoms with Crippen molar-refractivity contribution >= 4 is 62.0 Å². The fourth-order valence-electron chi connectivity index (χ4n) is 6.48. The van der Waals surface area contributed by atoms with Crippen molar-refractivity contribution < 1.29 is 17.9 Å². The average molecular weight is 753 g/mol. The van der Waals surface area contributed by atoms with Crippen LogP contribution in [0.15, 0.2) is 101 Å². The smallest absolute Gasteiger partial charge is 0.264 e. The number of sulfonamides is 1. The number of nitrogens with one attached hydrogen (secondary N) is 1. The standard InChI is InChI=1S/C39H40Cl3N3O4S/c1-39(2)18-17-30(35(24-39)28-7-9-31(40)10-8-28)25-44-19-21-45(22-20-44)33-12-14-34(15-13-33)50(47,48)43-38(46)29-5-3-27(4-6-29)26-49-37-23-32(41)11-16-36(37)42/h3-16,23H,17-22,24-26H2,1-2H3,(H,43,46). The second-order valence-electron chi connectivity index (χ2n) is 13.7. The van der Waals surface area contributed by atoms with Crippen molar-refractivity contribution in [2.45, 2.75) is 44.6 Å². The molecule has 50 heavy (non-hydrogen) atoms. The molecular formula is C39H40Cl3N3O4S. The highest BCUT2D eigenvalue weighted by molar-refractivity contribution is 7.90. The van der Waals surface area contributed by atoms with Gasteiger partial charge in [0.05, 0.1) is 9.92 Å². The molecule has 1 aliphatic carbocycles. The van der Waals surface area contributed by atoms with Crippen molar-refractivity contribution in [3.8, 4) is 5.75 Å². The third kappa shape index (κ3) is 9.03. The van der Waals surface area contributed by atoms with Crippen LogP contribution in [-0.2, 0) is 16.6 Å². The van der Waals surface area contributed by atoms with Crippen molar-refractivity contribution in [2.24, 2.45) is 5.41 Å². The highest BCUT2D eigenvalue weighted by Gasteiger charge is 2.29. The first-order chi connectivity index (χ1) is 23.8. The second kappa shape index (κ2) is 15.4. The number of piperazine rings is 1. The van der Waals surface area contributed by atoms with Gasteiger partial charge in [0.25, 0.3) is 15.9 Å². The molecule has 11 heteroatoms. The van der Waals surface area contributed by atoms with Gasteiger partial charge >= 0.3 is 0 Å². The van der Waals surface area contributed by atoms with Crippen molar-refractivity contribution in [1.82, 2.24) is 9.62 Å². The van der Waals surface area contributed by atoms with Gasteiger partial charge in [-0.3, -0.25) is 9.69 Å². The van der Waals surface area contributed by atoms with E-state index in [1.54, 1.807) is 66.7 Å². The molecule has 0 aromatic heterocycles. The lowest BCUT2D eigenvalue weighted by molar-refractivity contribution is 0.0981. The highest BCUT2D eigenvalue weighted by Crippen LogP contribution is 2.43. The molecule has 1 amide bonds. The topological polar surface area (TPSA) is 79.0 Å². The summed E-state index contributed by atoms with van der Waals surface area (Å²) in [7, 11) is -4.08. The van der Waals surface area contributed by atoms with Crippen LogP contribution < -0.4 is 14.4 Å². The van der Waals surface area contributed by atoms with Crippen LogP contribution in [0.25, 0.3) is 5.57 Å². The van der Waals surface area contributed by atoms with Gasteiger partial charge < -0.3 is 9.64 Å². The Hall–Kier alpha value is -3.53. The molecule has 1 fully saturated rings. The first-order valence-corrected chi connectivity index (χ1v) is 19.3. The van der Waals surface area contributed by atoms with E-state index in [9.17, 15) is 13.2 Å². The van der Waals surface area contributed by atoms with Crippen LogP contribution in [0.1, 0.15) is 54.6 Å². The van der Waals surface area contributed by atoms with E-state index in [2.05, 4.69) is 40.5 Å². The van der Waals surface area contributed by atoms with E-state index in [-0.39, 0.29) is 22.5 Å². The lowest BCUT2D eigenvalue weighted by Crippen LogP contribution is -2.47. The summed E-state index contributed by atoms with van der Waals surface area (Å²) in [6.45, 7) is 9.35. The van der Waals surface area contributed by atoms with E-state index in [1.165, 1.54) is 23.1 Å². The zero-order valence-electron chi connectivity index (χ0n) is 28.1. The lowest BCUT2D eigenvalue weighted by Gasteiger charge is -2.39. The summed E-state index contributed by atoms with van der Waals surface area (Å²) >= 11 is 18.4. The number of hydrogen-bond acceptors (Lipinski definition) is 6. The van der Waals surface area contributed by atoms with E-state index in [0.717, 1.165) is 61.8 Å². The molecule has 0 saturated carbocycles. The SMILES string of the molecule is CC1(C)CCC(CN2CCN(c3ccc(S(=O)(=O)NC(=O)c4ccc(COc5cc(Cl)ccc5Cl)cc4)cc3)CC2)=C(c2ccc(Cl)cc2)C1. The van der Waals surface area contributed by atoms with Gasteiger partial charge in [0.15, 0.2) is 0 Å². The number of halogens is 3. The molecule has 1 heterocycles. The predicted octanol–water partition coefficient (Wildman–Crippen LogP) is 9.13. The summed E-state index contributed by atoms with van der Waals surface area (Å²) in [5.41, 5.74) is 6.44. The molecular weight excluding hydrogens is 713 g/mol. The van der Waals surface area contributed by atoms with Gasteiger partial charge in [-0.1, -0.05) is 78.5 Å². The van der Waals surface area contributed by atoms with Crippen molar-refractivity contribution in [2.75, 3.05) is 37.6 Å². The van der Waals surface area contributed by atoms with E-state index < -0.39 is 15.9 Å². The van der Waals surface area contributed by atoms with Crippen molar-refractivity contribution in [3.63, 3.8) is 0 Å². The summed E-state index contributed by atoms with van der Waals surface area (Å²) in [5.74, 6) is -0.270. The van der Waals surface area contributed by atoms with Gasteiger partial charge in [0.1, 0.15) is 12.4 Å². The van der Waals surface area contributed by atoms with Crippen LogP contribution in [0.5, 0.6) is 5.75 Å². The molecule has 1 aliphatic heterocycles. The molecule has 6 rings (SSSR count). The maximum absolute atomic E-state index is 13.1. The molecule has 4 aromatic carbocycles. The van der Waals surface area contributed by atoms with Crippen LogP contribution in [0.2, 0.25) is 15.1 Å². The maximum atomic E-state index is 13.1. The highest BCUT2D eigenvalue weighted by atomic mass is 35.5. The minimum atomic E-state index is -4.08. The number of benzene rings is 4. The van der Waals surface area contributed by atoms with E-state index in [1.807, 2.05) is 12.1 Å². The fourth-order valence-corrected chi connectivity index (χ4v) is 7.91. The lowest BCUT2D eigenvalue weighted by atomic mass is 9.72. The molecule has 0 spiro atoms. The molecule has 7 nitrogen and oxygen atoms in total. The van der Waals surface area contributed by atoms with Gasteiger partial charge in [-0.2, -0.15) is 0 Å². The summed E-state index contributed by atoms with van der Waals surface area (Å²) < 4.78 is 34.1. The Bertz CT molecular complexity index is 1970. The van der Waals surface area contributed by atoms with Crippen LogP contribution >= 0.6 is 34.8 Å². The second-order valence-corrected chi connectivity index (χ2v) is 16.6. The van der Waals surface area contributed by atoms with Gasteiger partial charge in [-0.15, -0.1) is 0 Å². The molecule has 1 saturated heterocycles. The third-order valence-corrected chi connectivity index (χ3v) is 11.6. The maximum Gasteiger partial charge on any atom is 0.264 e. The van der Waals surface area contributed by atoms with Crippen LogP contribution in [0.4, 0.5) is 5.69 Å². The summed E-state index contributed by atoms with van der Waals surface area (Å²) in [6, 6.07) is 26.4. The number of carbonyl (C=O) groups excluding carboxylic acids is 1. The summed E-state index contributed by atoms with van der Waals surface area (Å²) in [5, 5.41) is 1.69. The molecule has 0 unspecified atom stereocenters. The molecule has 262 valence electrons. The summed E-state index contributed by atoms with van der Waals surface area (Å²) in [4.78, 5) is 17.7. The Morgan fingerprint density at radius 3 is 2.18 bits per heavy atom. The quantitative estimate of drug-likeness (QED) is 0.174. The molecule has 2 aliphatic rings. The Balaban J connectivity index is 1.02. The number of ether oxygens (including phenoxy) is 1. The average Bonchev–Trinajstić information content (AvgIpc) is 3.10.